The molecule has 2 aromatic heterocycles. The molecule has 1 aliphatic rings. The van der Waals surface area contributed by atoms with E-state index in [4.69, 9.17) is 0 Å². The lowest BCUT2D eigenvalue weighted by Crippen LogP contribution is -2.15. The molecular weight excluding hydrogens is 260 g/mol. The van der Waals surface area contributed by atoms with E-state index in [9.17, 15) is 0 Å². The molecule has 0 bridgehead atoms. The zero-order valence-electron chi connectivity index (χ0n) is 12.1. The first kappa shape index (κ1) is 12.7. The van der Waals surface area contributed by atoms with Crippen molar-refractivity contribution < 1.29 is 0 Å². The Morgan fingerprint density at radius 3 is 2.90 bits per heavy atom. The Morgan fingerprint density at radius 2 is 2.10 bits per heavy atom. The first-order valence-corrected chi connectivity index (χ1v) is 7.65. The molecular formula is C17H20N4. The molecule has 21 heavy (non-hydrogen) atoms. The lowest BCUT2D eigenvalue weighted by Gasteiger charge is -2.07. The molecule has 0 atom stereocenters. The smallest absolute Gasteiger partial charge is 0.0946 e. The normalized spacial score (nSPS) is 14.9. The molecule has 0 spiro atoms. The topological polar surface area (TPSA) is 34.8 Å². The molecule has 4 heteroatoms. The SMILES string of the molecule is c1cn(CCn2ccc3cc(CNC4CC4)ccc32)cn1. The Kier molecular flexibility index (Phi) is 3.24. The van der Waals surface area contributed by atoms with E-state index in [1.54, 1.807) is 0 Å². The van der Waals surface area contributed by atoms with Crippen LogP contribution in [0.5, 0.6) is 0 Å². The maximum absolute atomic E-state index is 4.08. The fourth-order valence-electron chi connectivity index (χ4n) is 2.75. The summed E-state index contributed by atoms with van der Waals surface area (Å²) >= 11 is 0. The van der Waals surface area contributed by atoms with Crippen molar-refractivity contribution in [3.63, 3.8) is 0 Å². The predicted molar refractivity (Wildman–Crippen MR) is 84.0 cm³/mol. The van der Waals surface area contributed by atoms with Crippen LogP contribution >= 0.6 is 0 Å². The van der Waals surface area contributed by atoms with Gasteiger partial charge in [-0.2, -0.15) is 0 Å². The van der Waals surface area contributed by atoms with Crippen molar-refractivity contribution in [2.24, 2.45) is 0 Å². The van der Waals surface area contributed by atoms with Gasteiger partial charge in [-0.15, -0.1) is 0 Å². The van der Waals surface area contributed by atoms with E-state index in [1.807, 2.05) is 18.7 Å². The molecule has 0 aliphatic heterocycles. The van der Waals surface area contributed by atoms with Crippen molar-refractivity contribution in [1.29, 1.82) is 0 Å². The van der Waals surface area contributed by atoms with Crippen LogP contribution in [0.4, 0.5) is 0 Å². The second-order valence-corrected chi connectivity index (χ2v) is 5.86. The highest BCUT2D eigenvalue weighted by atomic mass is 15.1. The number of nitrogens with one attached hydrogen (secondary N) is 1. The maximum Gasteiger partial charge on any atom is 0.0946 e. The number of benzene rings is 1. The molecule has 1 aromatic carbocycles. The molecule has 0 amide bonds. The van der Waals surface area contributed by atoms with Crippen molar-refractivity contribution in [1.82, 2.24) is 19.4 Å². The average Bonchev–Trinajstić information content (AvgIpc) is 3.03. The number of rotatable bonds is 6. The molecule has 4 rings (SSSR count). The Labute approximate surface area is 124 Å². The molecule has 4 nitrogen and oxygen atoms in total. The summed E-state index contributed by atoms with van der Waals surface area (Å²) in [7, 11) is 0. The summed E-state index contributed by atoms with van der Waals surface area (Å²) in [6, 6.07) is 9.77. The van der Waals surface area contributed by atoms with Gasteiger partial charge in [-0.3, -0.25) is 0 Å². The Bertz CT molecular complexity index is 722. The number of imidazole rings is 1. The van der Waals surface area contributed by atoms with Crippen molar-refractivity contribution in [3.8, 4) is 0 Å². The third-order valence-electron chi connectivity index (χ3n) is 4.17. The van der Waals surface area contributed by atoms with Gasteiger partial charge in [0.2, 0.25) is 0 Å². The molecule has 2 heterocycles. The zero-order chi connectivity index (χ0) is 14.1. The second kappa shape index (κ2) is 5.37. The van der Waals surface area contributed by atoms with Crippen LogP contribution < -0.4 is 5.32 Å². The van der Waals surface area contributed by atoms with Gasteiger partial charge >= 0.3 is 0 Å². The Balaban J connectivity index is 1.48. The number of aromatic nitrogens is 3. The van der Waals surface area contributed by atoms with Crippen LogP contribution in [0, 0.1) is 0 Å². The molecule has 1 aliphatic carbocycles. The highest BCUT2D eigenvalue weighted by molar-refractivity contribution is 5.80. The van der Waals surface area contributed by atoms with Gasteiger partial charge in [0.25, 0.3) is 0 Å². The zero-order valence-corrected chi connectivity index (χ0v) is 12.1. The van der Waals surface area contributed by atoms with Crippen molar-refractivity contribution in [2.45, 2.75) is 38.5 Å². The van der Waals surface area contributed by atoms with E-state index in [1.165, 1.54) is 29.3 Å². The molecule has 0 unspecified atom stereocenters. The van der Waals surface area contributed by atoms with Crippen LogP contribution in [0.1, 0.15) is 18.4 Å². The summed E-state index contributed by atoms with van der Waals surface area (Å²) in [6.45, 7) is 2.91. The molecule has 1 saturated carbocycles. The van der Waals surface area contributed by atoms with Crippen molar-refractivity contribution >= 4 is 10.9 Å². The van der Waals surface area contributed by atoms with Crippen LogP contribution in [-0.4, -0.2) is 20.2 Å². The van der Waals surface area contributed by atoms with Gasteiger partial charge in [-0.25, -0.2) is 4.98 Å². The fourth-order valence-corrected chi connectivity index (χ4v) is 2.75. The summed E-state index contributed by atoms with van der Waals surface area (Å²) in [5.41, 5.74) is 2.69. The summed E-state index contributed by atoms with van der Waals surface area (Å²) in [5, 5.41) is 4.90. The lowest BCUT2D eigenvalue weighted by atomic mass is 10.1. The fraction of sp³-hybridized carbons (Fsp3) is 0.353. The molecule has 1 N–H and O–H groups in total. The molecule has 1 fully saturated rings. The van der Waals surface area contributed by atoms with Crippen LogP contribution in [0.3, 0.4) is 0 Å². The van der Waals surface area contributed by atoms with Crippen LogP contribution in [0.25, 0.3) is 10.9 Å². The summed E-state index contributed by atoms with van der Waals surface area (Å²) in [4.78, 5) is 4.08. The third-order valence-corrected chi connectivity index (χ3v) is 4.17. The Hall–Kier alpha value is -2.07. The van der Waals surface area contributed by atoms with Gasteiger partial charge in [-0.05, 0) is 42.0 Å². The van der Waals surface area contributed by atoms with Gasteiger partial charge in [0.15, 0.2) is 0 Å². The quantitative estimate of drug-likeness (QED) is 0.753. The summed E-state index contributed by atoms with van der Waals surface area (Å²) < 4.78 is 4.42. The summed E-state index contributed by atoms with van der Waals surface area (Å²) in [6.07, 6.45) is 10.6. The standard InChI is InChI=1S/C17H20N4/c1-4-17-15(11-14(1)12-19-16-2-3-16)5-7-21(17)10-9-20-8-6-18-13-20/h1,4-8,11,13,16,19H,2-3,9-10,12H2. The van der Waals surface area contributed by atoms with E-state index >= 15 is 0 Å². The maximum atomic E-state index is 4.08. The van der Waals surface area contributed by atoms with Gasteiger partial charge in [0.1, 0.15) is 0 Å². The molecule has 108 valence electrons. The first-order valence-electron chi connectivity index (χ1n) is 7.65. The second-order valence-electron chi connectivity index (χ2n) is 5.86. The predicted octanol–water partition coefficient (Wildman–Crippen LogP) is 2.79. The average molecular weight is 280 g/mol. The molecule has 0 saturated heterocycles. The minimum absolute atomic E-state index is 0.764. The van der Waals surface area contributed by atoms with E-state index < -0.39 is 0 Å². The molecule has 3 aromatic rings. The minimum atomic E-state index is 0.764. The van der Waals surface area contributed by atoms with Crippen LogP contribution in [-0.2, 0) is 19.6 Å². The van der Waals surface area contributed by atoms with E-state index in [0.717, 1.165) is 25.7 Å². The summed E-state index contributed by atoms with van der Waals surface area (Å²) in [5.74, 6) is 0. The van der Waals surface area contributed by atoms with Crippen molar-refractivity contribution in [3.05, 3.63) is 54.7 Å². The van der Waals surface area contributed by atoms with Gasteiger partial charge < -0.3 is 14.5 Å². The van der Waals surface area contributed by atoms with Crippen molar-refractivity contribution in [2.75, 3.05) is 0 Å². The number of aryl methyl sites for hydroxylation is 2. The first-order chi connectivity index (χ1) is 10.4. The van der Waals surface area contributed by atoms with Gasteiger partial charge in [0, 0.05) is 49.8 Å². The van der Waals surface area contributed by atoms with Crippen LogP contribution in [0.15, 0.2) is 49.2 Å². The van der Waals surface area contributed by atoms with Gasteiger partial charge in [0.05, 0.1) is 6.33 Å². The molecule has 0 radical (unpaired) electrons. The van der Waals surface area contributed by atoms with E-state index in [0.29, 0.717) is 0 Å². The monoisotopic (exact) mass is 280 g/mol. The highest BCUT2D eigenvalue weighted by Gasteiger charge is 2.19. The number of hydrogen-bond donors (Lipinski definition) is 1. The Morgan fingerprint density at radius 1 is 1.14 bits per heavy atom. The van der Waals surface area contributed by atoms with Gasteiger partial charge in [-0.1, -0.05) is 6.07 Å². The van der Waals surface area contributed by atoms with E-state index in [2.05, 4.69) is 49.9 Å². The third kappa shape index (κ3) is 2.85. The number of fused-ring (bicyclic) bond motifs is 1. The van der Waals surface area contributed by atoms with E-state index in [-0.39, 0.29) is 0 Å². The highest BCUT2D eigenvalue weighted by Crippen LogP contribution is 2.21. The van der Waals surface area contributed by atoms with Crippen LogP contribution in [0.2, 0.25) is 0 Å². The number of nitrogens with zero attached hydrogens (tertiary/aromatic N) is 3. The minimum Gasteiger partial charge on any atom is -0.346 e. The lowest BCUT2D eigenvalue weighted by molar-refractivity contribution is 0.592. The number of hydrogen-bond acceptors (Lipinski definition) is 2. The largest absolute Gasteiger partial charge is 0.346 e.